The van der Waals surface area contributed by atoms with Gasteiger partial charge in [0.1, 0.15) is 31.5 Å². The molecule has 1 aromatic carbocycles. The molecule has 0 saturated carbocycles. The van der Waals surface area contributed by atoms with Crippen LogP contribution in [0.15, 0.2) is 12.1 Å². The van der Waals surface area contributed by atoms with Gasteiger partial charge >= 0.3 is 11.9 Å². The summed E-state index contributed by atoms with van der Waals surface area (Å²) in [4.78, 5) is 22.5. The second kappa shape index (κ2) is 7.11. The number of ether oxygens (including phenoxy) is 6. The summed E-state index contributed by atoms with van der Waals surface area (Å²) in [6.07, 6.45) is -1.41. The number of benzene rings is 1. The molecule has 0 radical (unpaired) electrons. The Bertz CT molecular complexity index is 802. The Morgan fingerprint density at radius 2 is 1.68 bits per heavy atom. The molecule has 152 valence electrons. The van der Waals surface area contributed by atoms with Crippen LogP contribution in [0.1, 0.15) is 56.1 Å². The Labute approximate surface area is 163 Å². The molecule has 0 N–H and O–H groups in total. The van der Waals surface area contributed by atoms with Crippen LogP contribution in [0.2, 0.25) is 0 Å². The third-order valence-corrected chi connectivity index (χ3v) is 5.05. The average Bonchev–Trinajstić information content (AvgIpc) is 3.09. The molecule has 8 nitrogen and oxygen atoms in total. The molecule has 0 bridgehead atoms. The fourth-order valence-electron chi connectivity index (χ4n) is 3.87. The van der Waals surface area contributed by atoms with Gasteiger partial charge in [0, 0.05) is 13.8 Å². The Morgan fingerprint density at radius 1 is 1.04 bits per heavy atom. The van der Waals surface area contributed by atoms with Crippen molar-refractivity contribution < 1.29 is 38.0 Å². The van der Waals surface area contributed by atoms with Gasteiger partial charge in [0.15, 0.2) is 12.1 Å². The lowest BCUT2D eigenvalue weighted by molar-refractivity contribution is -0.223. The summed E-state index contributed by atoms with van der Waals surface area (Å²) in [6, 6.07) is 3.85. The summed E-state index contributed by atoms with van der Waals surface area (Å²) >= 11 is 0. The maximum Gasteiger partial charge on any atom is 0.302 e. The first-order valence-corrected chi connectivity index (χ1v) is 9.27. The van der Waals surface area contributed by atoms with E-state index in [1.54, 1.807) is 0 Å². The van der Waals surface area contributed by atoms with Crippen molar-refractivity contribution in [2.45, 2.75) is 77.9 Å². The highest BCUT2D eigenvalue weighted by Gasteiger charge is 2.57. The van der Waals surface area contributed by atoms with Crippen LogP contribution in [-0.2, 0) is 57.8 Å². The zero-order valence-electron chi connectivity index (χ0n) is 16.4. The van der Waals surface area contributed by atoms with Gasteiger partial charge in [0.2, 0.25) is 0 Å². The fourth-order valence-corrected chi connectivity index (χ4v) is 3.87. The molecule has 1 aromatic rings. The molecule has 4 atom stereocenters. The SMILES string of the molecule is CC(=O)OCc1cc2c(cc1COC(C)=O)[C@H]1O[C@@H]3OC(C)(C)O[C@@H]3[C@H]1OC2. The fraction of sp³-hybridized carbons (Fsp3) is 0.600. The van der Waals surface area contributed by atoms with Crippen LogP contribution in [-0.4, -0.2) is 36.2 Å². The lowest BCUT2D eigenvalue weighted by atomic mass is 9.91. The Balaban J connectivity index is 1.63. The lowest BCUT2D eigenvalue weighted by Gasteiger charge is -2.32. The maximum absolute atomic E-state index is 11.3. The van der Waals surface area contributed by atoms with Crippen LogP contribution in [0.5, 0.6) is 0 Å². The van der Waals surface area contributed by atoms with Crippen LogP contribution in [0.4, 0.5) is 0 Å². The number of fused-ring (bicyclic) bond motifs is 5. The van der Waals surface area contributed by atoms with Crippen LogP contribution in [0, 0.1) is 0 Å². The summed E-state index contributed by atoms with van der Waals surface area (Å²) in [5.74, 6) is -1.47. The van der Waals surface area contributed by atoms with Crippen molar-refractivity contribution in [1.29, 1.82) is 0 Å². The molecule has 0 aromatic heterocycles. The standard InChI is InChI=1S/C20H24O8/c1-10(21)23-7-12-5-14-9-25-17-16(15(14)6-13(12)8-24-11(2)22)26-19-18(17)27-20(3,4)28-19/h5-6,16-19H,7-9H2,1-4H3/t16-,17+,18-,19-/m1/s1. The van der Waals surface area contributed by atoms with Gasteiger partial charge in [-0.3, -0.25) is 9.59 Å². The summed E-state index contributed by atoms with van der Waals surface area (Å²) in [6.45, 7) is 6.96. The van der Waals surface area contributed by atoms with E-state index in [4.69, 9.17) is 28.4 Å². The molecule has 3 aliphatic rings. The van der Waals surface area contributed by atoms with Crippen molar-refractivity contribution >= 4 is 11.9 Å². The van der Waals surface area contributed by atoms with E-state index >= 15 is 0 Å². The van der Waals surface area contributed by atoms with Crippen LogP contribution >= 0.6 is 0 Å². The molecule has 3 aliphatic heterocycles. The smallest absolute Gasteiger partial charge is 0.302 e. The van der Waals surface area contributed by atoms with E-state index < -0.39 is 12.1 Å². The molecule has 3 heterocycles. The van der Waals surface area contributed by atoms with Gasteiger partial charge in [-0.1, -0.05) is 0 Å². The van der Waals surface area contributed by atoms with Gasteiger partial charge in [-0.2, -0.15) is 0 Å². The molecule has 2 fully saturated rings. The average molecular weight is 392 g/mol. The van der Waals surface area contributed by atoms with E-state index in [0.29, 0.717) is 6.61 Å². The first kappa shape index (κ1) is 19.3. The van der Waals surface area contributed by atoms with E-state index in [1.807, 2.05) is 26.0 Å². The second-order valence-electron chi connectivity index (χ2n) is 7.68. The van der Waals surface area contributed by atoms with Gasteiger partial charge in [-0.25, -0.2) is 0 Å². The summed E-state index contributed by atoms with van der Waals surface area (Å²) in [5.41, 5.74) is 3.42. The lowest BCUT2D eigenvalue weighted by Crippen LogP contribution is -2.36. The predicted molar refractivity (Wildman–Crippen MR) is 93.6 cm³/mol. The number of rotatable bonds is 4. The second-order valence-corrected chi connectivity index (χ2v) is 7.68. The molecule has 8 heteroatoms. The van der Waals surface area contributed by atoms with Crippen molar-refractivity contribution in [2.24, 2.45) is 0 Å². The molecule has 28 heavy (non-hydrogen) atoms. The highest BCUT2D eigenvalue weighted by molar-refractivity contribution is 5.66. The number of carbonyl (C=O) groups is 2. The van der Waals surface area contributed by atoms with Crippen molar-refractivity contribution in [3.05, 3.63) is 34.4 Å². The van der Waals surface area contributed by atoms with Crippen molar-refractivity contribution in [3.63, 3.8) is 0 Å². The van der Waals surface area contributed by atoms with E-state index in [0.717, 1.165) is 22.3 Å². The van der Waals surface area contributed by atoms with Gasteiger partial charge < -0.3 is 28.4 Å². The highest BCUT2D eigenvalue weighted by Crippen LogP contribution is 2.48. The normalized spacial score (nSPS) is 29.6. The predicted octanol–water partition coefficient (Wildman–Crippen LogP) is 2.26. The van der Waals surface area contributed by atoms with E-state index in [9.17, 15) is 9.59 Å². The minimum atomic E-state index is -0.710. The van der Waals surface area contributed by atoms with Gasteiger partial charge in [-0.15, -0.1) is 0 Å². The van der Waals surface area contributed by atoms with Gasteiger partial charge in [0.05, 0.1) is 6.61 Å². The molecule has 0 spiro atoms. The molecule has 0 amide bonds. The summed E-state index contributed by atoms with van der Waals surface area (Å²) in [7, 11) is 0. The zero-order chi connectivity index (χ0) is 20.1. The van der Waals surface area contributed by atoms with Crippen molar-refractivity contribution in [2.75, 3.05) is 0 Å². The molecule has 0 unspecified atom stereocenters. The summed E-state index contributed by atoms with van der Waals surface area (Å²) in [5, 5.41) is 0. The quantitative estimate of drug-likeness (QED) is 0.721. The first-order chi connectivity index (χ1) is 13.2. The Kier molecular flexibility index (Phi) is 4.91. The van der Waals surface area contributed by atoms with E-state index in [-0.39, 0.29) is 43.5 Å². The third-order valence-electron chi connectivity index (χ3n) is 5.05. The van der Waals surface area contributed by atoms with Crippen LogP contribution < -0.4 is 0 Å². The Morgan fingerprint density at radius 3 is 2.32 bits per heavy atom. The number of hydrogen-bond donors (Lipinski definition) is 0. The highest BCUT2D eigenvalue weighted by atomic mass is 16.8. The topological polar surface area (TPSA) is 89.5 Å². The largest absolute Gasteiger partial charge is 0.461 e. The monoisotopic (exact) mass is 392 g/mol. The van der Waals surface area contributed by atoms with Crippen LogP contribution in [0.3, 0.4) is 0 Å². The molecular weight excluding hydrogens is 368 g/mol. The molecule has 0 aliphatic carbocycles. The first-order valence-electron chi connectivity index (χ1n) is 9.27. The Hall–Kier alpha value is -2.00. The van der Waals surface area contributed by atoms with E-state index in [2.05, 4.69) is 0 Å². The minimum absolute atomic E-state index is 0.0876. The number of esters is 2. The van der Waals surface area contributed by atoms with Crippen molar-refractivity contribution in [1.82, 2.24) is 0 Å². The third kappa shape index (κ3) is 3.65. The zero-order valence-corrected chi connectivity index (χ0v) is 16.4. The molecule has 2 saturated heterocycles. The number of hydrogen-bond acceptors (Lipinski definition) is 8. The van der Waals surface area contributed by atoms with Crippen LogP contribution in [0.25, 0.3) is 0 Å². The van der Waals surface area contributed by atoms with E-state index in [1.165, 1.54) is 13.8 Å². The minimum Gasteiger partial charge on any atom is -0.461 e. The van der Waals surface area contributed by atoms with Gasteiger partial charge in [-0.05, 0) is 48.2 Å². The maximum atomic E-state index is 11.3. The van der Waals surface area contributed by atoms with Gasteiger partial charge in [0.25, 0.3) is 0 Å². The summed E-state index contributed by atoms with van der Waals surface area (Å²) < 4.78 is 34.2. The molecule has 4 rings (SSSR count). The molecular formula is C20H24O8. The number of carbonyl (C=O) groups excluding carboxylic acids is 2. The van der Waals surface area contributed by atoms with Crippen molar-refractivity contribution in [3.8, 4) is 0 Å².